The van der Waals surface area contributed by atoms with Crippen molar-refractivity contribution in [2.75, 3.05) is 7.05 Å². The molecule has 0 aromatic carbocycles. The molecule has 0 bridgehead atoms. The molecule has 0 aromatic rings. The fourth-order valence-corrected chi connectivity index (χ4v) is 2.51. The van der Waals surface area contributed by atoms with Crippen molar-refractivity contribution < 1.29 is 4.79 Å². The van der Waals surface area contributed by atoms with E-state index in [1.54, 1.807) is 0 Å². The first kappa shape index (κ1) is 11.9. The van der Waals surface area contributed by atoms with Crippen LogP contribution in [0.1, 0.15) is 39.5 Å². The van der Waals surface area contributed by atoms with Crippen LogP contribution < -0.4 is 0 Å². The van der Waals surface area contributed by atoms with E-state index >= 15 is 0 Å². The van der Waals surface area contributed by atoms with Crippen molar-refractivity contribution in [2.24, 2.45) is 5.92 Å². The van der Waals surface area contributed by atoms with Crippen LogP contribution >= 0.6 is 12.6 Å². The van der Waals surface area contributed by atoms with Gasteiger partial charge in [0.2, 0.25) is 5.91 Å². The Morgan fingerprint density at radius 1 is 1.43 bits per heavy atom. The fraction of sp³-hybridized carbons (Fsp3) is 0.909. The lowest BCUT2D eigenvalue weighted by Crippen LogP contribution is -2.45. The van der Waals surface area contributed by atoms with Crippen molar-refractivity contribution in [1.29, 1.82) is 0 Å². The van der Waals surface area contributed by atoms with E-state index < -0.39 is 0 Å². The summed E-state index contributed by atoms with van der Waals surface area (Å²) in [5.41, 5.74) is 0. The van der Waals surface area contributed by atoms with Crippen LogP contribution in [0.3, 0.4) is 0 Å². The standard InChI is InChI=1S/C11H21NOS/c1-8-6-4-5-7-10(8)12(3)11(13)9(2)14/h8-10,14H,4-7H2,1-3H3. The fourth-order valence-electron chi connectivity index (χ4n) is 2.33. The molecule has 3 atom stereocenters. The smallest absolute Gasteiger partial charge is 0.235 e. The van der Waals surface area contributed by atoms with E-state index in [0.717, 1.165) is 6.42 Å². The van der Waals surface area contributed by atoms with Gasteiger partial charge in [-0.15, -0.1) is 0 Å². The quantitative estimate of drug-likeness (QED) is 0.701. The van der Waals surface area contributed by atoms with Gasteiger partial charge in [0.25, 0.3) is 0 Å². The number of hydrogen-bond acceptors (Lipinski definition) is 2. The van der Waals surface area contributed by atoms with Crippen LogP contribution in [0.25, 0.3) is 0 Å². The largest absolute Gasteiger partial charge is 0.342 e. The van der Waals surface area contributed by atoms with Crippen molar-refractivity contribution in [3.05, 3.63) is 0 Å². The number of nitrogens with zero attached hydrogens (tertiary/aromatic N) is 1. The van der Waals surface area contributed by atoms with Gasteiger partial charge in [0.05, 0.1) is 5.25 Å². The molecule has 3 unspecified atom stereocenters. The molecule has 1 saturated carbocycles. The molecule has 0 N–H and O–H groups in total. The Morgan fingerprint density at radius 2 is 2.00 bits per heavy atom. The van der Waals surface area contributed by atoms with Crippen LogP contribution in [0.4, 0.5) is 0 Å². The molecule has 0 heterocycles. The van der Waals surface area contributed by atoms with Crippen LogP contribution in [0, 0.1) is 5.92 Å². The predicted octanol–water partition coefficient (Wildman–Crippen LogP) is 2.34. The molecule has 0 aromatic heterocycles. The summed E-state index contributed by atoms with van der Waals surface area (Å²) >= 11 is 4.19. The van der Waals surface area contributed by atoms with Gasteiger partial charge < -0.3 is 4.90 Å². The number of hydrogen-bond donors (Lipinski definition) is 1. The Balaban J connectivity index is 2.57. The van der Waals surface area contributed by atoms with E-state index in [1.807, 2.05) is 18.9 Å². The third-order valence-corrected chi connectivity index (χ3v) is 3.49. The van der Waals surface area contributed by atoms with Crippen LogP contribution in [-0.2, 0) is 4.79 Å². The maximum absolute atomic E-state index is 11.7. The van der Waals surface area contributed by atoms with Crippen LogP contribution in [-0.4, -0.2) is 29.1 Å². The highest BCUT2D eigenvalue weighted by Gasteiger charge is 2.28. The Hall–Kier alpha value is -0.180. The van der Waals surface area contributed by atoms with Crippen LogP contribution in [0.5, 0.6) is 0 Å². The summed E-state index contributed by atoms with van der Waals surface area (Å²) < 4.78 is 0. The summed E-state index contributed by atoms with van der Waals surface area (Å²) in [6.45, 7) is 4.09. The molecule has 0 spiro atoms. The lowest BCUT2D eigenvalue weighted by Gasteiger charge is -2.37. The van der Waals surface area contributed by atoms with Crippen molar-refractivity contribution in [3.8, 4) is 0 Å². The van der Waals surface area contributed by atoms with Crippen molar-refractivity contribution in [2.45, 2.75) is 50.8 Å². The van der Waals surface area contributed by atoms with E-state index in [9.17, 15) is 4.79 Å². The van der Waals surface area contributed by atoms with E-state index in [-0.39, 0.29) is 11.2 Å². The molecule has 1 fully saturated rings. The van der Waals surface area contributed by atoms with Gasteiger partial charge in [-0.3, -0.25) is 4.79 Å². The zero-order valence-corrected chi connectivity index (χ0v) is 10.3. The minimum atomic E-state index is -0.172. The van der Waals surface area contributed by atoms with E-state index in [4.69, 9.17) is 0 Å². The predicted molar refractivity (Wildman–Crippen MR) is 62.6 cm³/mol. The summed E-state index contributed by atoms with van der Waals surface area (Å²) in [4.78, 5) is 13.6. The monoisotopic (exact) mass is 215 g/mol. The molecular weight excluding hydrogens is 194 g/mol. The normalized spacial score (nSPS) is 29.7. The molecule has 0 aliphatic heterocycles. The minimum absolute atomic E-state index is 0.159. The first-order valence-corrected chi connectivity index (χ1v) is 6.00. The van der Waals surface area contributed by atoms with Crippen LogP contribution in [0.2, 0.25) is 0 Å². The van der Waals surface area contributed by atoms with Crippen molar-refractivity contribution >= 4 is 18.5 Å². The first-order chi connectivity index (χ1) is 6.54. The molecule has 0 radical (unpaired) electrons. The Labute approximate surface area is 92.5 Å². The van der Waals surface area contributed by atoms with Gasteiger partial charge in [-0.2, -0.15) is 12.6 Å². The highest BCUT2D eigenvalue weighted by Crippen LogP contribution is 2.27. The van der Waals surface area contributed by atoms with Gasteiger partial charge in [-0.05, 0) is 25.7 Å². The first-order valence-electron chi connectivity index (χ1n) is 5.48. The van der Waals surface area contributed by atoms with Gasteiger partial charge in [-0.1, -0.05) is 19.8 Å². The Bertz CT molecular complexity index is 205. The molecule has 1 aliphatic rings. The molecule has 3 heteroatoms. The summed E-state index contributed by atoms with van der Waals surface area (Å²) in [6.07, 6.45) is 4.98. The number of carbonyl (C=O) groups is 1. The summed E-state index contributed by atoms with van der Waals surface area (Å²) in [6, 6.07) is 0.436. The number of carbonyl (C=O) groups excluding carboxylic acids is 1. The van der Waals surface area contributed by atoms with Gasteiger partial charge in [0, 0.05) is 13.1 Å². The van der Waals surface area contributed by atoms with E-state index in [2.05, 4.69) is 19.6 Å². The highest BCUT2D eigenvalue weighted by atomic mass is 32.1. The zero-order valence-electron chi connectivity index (χ0n) is 9.36. The van der Waals surface area contributed by atoms with Crippen molar-refractivity contribution in [1.82, 2.24) is 4.90 Å². The van der Waals surface area contributed by atoms with Gasteiger partial charge >= 0.3 is 0 Å². The molecule has 82 valence electrons. The molecular formula is C11H21NOS. The maximum Gasteiger partial charge on any atom is 0.235 e. The minimum Gasteiger partial charge on any atom is -0.342 e. The summed E-state index contributed by atoms with van der Waals surface area (Å²) in [5, 5.41) is -0.172. The number of thiol groups is 1. The summed E-state index contributed by atoms with van der Waals surface area (Å²) in [5.74, 6) is 0.803. The Morgan fingerprint density at radius 3 is 2.50 bits per heavy atom. The average molecular weight is 215 g/mol. The second-order valence-corrected chi connectivity index (χ2v) is 5.23. The molecule has 1 amide bonds. The lowest BCUT2D eigenvalue weighted by molar-refractivity contribution is -0.132. The van der Waals surface area contributed by atoms with Crippen LogP contribution in [0.15, 0.2) is 0 Å². The van der Waals surface area contributed by atoms with Gasteiger partial charge in [-0.25, -0.2) is 0 Å². The number of amides is 1. The van der Waals surface area contributed by atoms with E-state index in [1.165, 1.54) is 19.3 Å². The highest BCUT2D eigenvalue weighted by molar-refractivity contribution is 7.81. The topological polar surface area (TPSA) is 20.3 Å². The molecule has 1 aliphatic carbocycles. The Kier molecular flexibility index (Phi) is 4.30. The third kappa shape index (κ3) is 2.66. The average Bonchev–Trinajstić information content (AvgIpc) is 2.16. The lowest BCUT2D eigenvalue weighted by atomic mass is 9.85. The molecule has 1 rings (SSSR count). The van der Waals surface area contributed by atoms with E-state index in [0.29, 0.717) is 12.0 Å². The van der Waals surface area contributed by atoms with Gasteiger partial charge in [0.15, 0.2) is 0 Å². The second kappa shape index (κ2) is 5.06. The zero-order chi connectivity index (χ0) is 10.7. The van der Waals surface area contributed by atoms with Gasteiger partial charge in [0.1, 0.15) is 0 Å². The number of rotatable bonds is 2. The maximum atomic E-state index is 11.7. The summed E-state index contributed by atoms with van der Waals surface area (Å²) in [7, 11) is 1.92. The molecule has 2 nitrogen and oxygen atoms in total. The van der Waals surface area contributed by atoms with Crippen molar-refractivity contribution in [3.63, 3.8) is 0 Å². The molecule has 14 heavy (non-hydrogen) atoms. The SMILES string of the molecule is CC(S)C(=O)N(C)C1CCCCC1C. The second-order valence-electron chi connectivity index (χ2n) is 4.45. The third-order valence-electron chi connectivity index (χ3n) is 3.27. The molecule has 0 saturated heterocycles.